The fraction of sp³-hybridized carbons (Fsp3) is 0.167. The van der Waals surface area contributed by atoms with Gasteiger partial charge in [0.25, 0.3) is 5.91 Å². The number of rotatable bonds is 2. The number of allylic oxidation sites excluding steroid dienone is 1. The van der Waals surface area contributed by atoms with Crippen molar-refractivity contribution in [2.45, 2.75) is 13.1 Å². The summed E-state index contributed by atoms with van der Waals surface area (Å²) in [6.45, 7) is 1.16. The zero-order chi connectivity index (χ0) is 14.6. The number of carbonyl (C=O) groups is 1. The first-order valence-electron chi connectivity index (χ1n) is 5.04. The molecule has 0 aromatic heterocycles. The molecule has 0 fully saturated rings. The normalized spacial score (nSPS) is 11.8. The summed E-state index contributed by atoms with van der Waals surface area (Å²) in [5, 5.41) is 19.9. The van der Waals surface area contributed by atoms with Crippen molar-refractivity contribution in [1.82, 2.24) is 0 Å². The number of benzene rings is 1. The Bertz CT molecular complexity index is 561. The van der Waals surface area contributed by atoms with Crippen LogP contribution in [-0.2, 0) is 11.0 Å². The van der Waals surface area contributed by atoms with Gasteiger partial charge in [-0.05, 0) is 31.2 Å². The van der Waals surface area contributed by atoms with Crippen LogP contribution < -0.4 is 34.9 Å². The fourth-order valence-corrected chi connectivity index (χ4v) is 1.23. The summed E-state index contributed by atoms with van der Waals surface area (Å²) in [7, 11) is 0. The van der Waals surface area contributed by atoms with Gasteiger partial charge in [-0.15, -0.1) is 0 Å². The SMILES string of the molecule is C/C(O)=C(\C#N)C(=O)Nc1ccc(C(F)(F)F)cc1.[H-].[Na+]. The number of aliphatic hydroxyl groups is 1. The average molecular weight is 294 g/mol. The van der Waals surface area contributed by atoms with E-state index in [-0.39, 0.29) is 36.7 Å². The Kier molecular flexibility index (Phi) is 6.79. The van der Waals surface area contributed by atoms with Gasteiger partial charge in [-0.1, -0.05) is 0 Å². The third-order valence-corrected chi connectivity index (χ3v) is 2.17. The minimum Gasteiger partial charge on any atom is -1.00 e. The molecule has 0 unspecified atom stereocenters. The zero-order valence-corrected chi connectivity index (χ0v) is 12.7. The molecule has 1 amide bonds. The van der Waals surface area contributed by atoms with Crippen LogP contribution in [0, 0.1) is 11.3 Å². The van der Waals surface area contributed by atoms with Crippen LogP contribution in [0.15, 0.2) is 35.6 Å². The molecule has 102 valence electrons. The van der Waals surface area contributed by atoms with E-state index in [1.54, 1.807) is 0 Å². The molecule has 0 heterocycles. The number of carbonyl (C=O) groups excluding carboxylic acids is 1. The molecule has 4 nitrogen and oxygen atoms in total. The second-order valence-electron chi connectivity index (χ2n) is 3.60. The van der Waals surface area contributed by atoms with E-state index in [1.165, 1.54) is 6.07 Å². The molecule has 0 atom stereocenters. The van der Waals surface area contributed by atoms with Gasteiger partial charge in [-0.2, -0.15) is 18.4 Å². The van der Waals surface area contributed by atoms with E-state index < -0.39 is 29.0 Å². The number of amides is 1. The Hall–Kier alpha value is -1.49. The first-order chi connectivity index (χ1) is 8.75. The van der Waals surface area contributed by atoms with Crippen molar-refractivity contribution >= 4 is 11.6 Å². The first-order valence-corrected chi connectivity index (χ1v) is 5.04. The van der Waals surface area contributed by atoms with Gasteiger partial charge >= 0.3 is 35.7 Å². The van der Waals surface area contributed by atoms with Crippen molar-refractivity contribution < 1.29 is 54.1 Å². The Morgan fingerprint density at radius 1 is 1.35 bits per heavy atom. The van der Waals surface area contributed by atoms with Crippen LogP contribution in [0.3, 0.4) is 0 Å². The summed E-state index contributed by atoms with van der Waals surface area (Å²) in [4.78, 5) is 11.5. The van der Waals surface area contributed by atoms with Gasteiger partial charge in [0.2, 0.25) is 0 Å². The predicted octanol–water partition coefficient (Wildman–Crippen LogP) is 0.116. The Morgan fingerprint density at radius 3 is 2.20 bits per heavy atom. The van der Waals surface area contributed by atoms with Crippen LogP contribution >= 0.6 is 0 Å². The van der Waals surface area contributed by atoms with E-state index in [0.29, 0.717) is 0 Å². The van der Waals surface area contributed by atoms with Crippen molar-refractivity contribution in [3.05, 3.63) is 41.2 Å². The number of alkyl halides is 3. The first kappa shape index (κ1) is 18.5. The van der Waals surface area contributed by atoms with E-state index in [2.05, 4.69) is 5.32 Å². The van der Waals surface area contributed by atoms with Gasteiger partial charge < -0.3 is 11.8 Å². The second-order valence-corrected chi connectivity index (χ2v) is 3.60. The van der Waals surface area contributed by atoms with Crippen LogP contribution in [0.2, 0.25) is 0 Å². The standard InChI is InChI=1S/C12H9F3N2O2.Na.H/c1-7(18)10(6-16)11(19)17-9-4-2-8(3-5-9)12(13,14)15;;/h2-5,18H,1H3,(H,17,19);;/q;+1;-1/b10-7-;;. The van der Waals surface area contributed by atoms with Gasteiger partial charge in [-0.3, -0.25) is 4.79 Å². The number of hydrogen-bond acceptors (Lipinski definition) is 3. The van der Waals surface area contributed by atoms with Crippen LogP contribution in [0.25, 0.3) is 0 Å². The van der Waals surface area contributed by atoms with Crippen molar-refractivity contribution in [3.63, 3.8) is 0 Å². The monoisotopic (exact) mass is 294 g/mol. The molecular formula is C12H10F3N2NaO2. The molecular weight excluding hydrogens is 284 g/mol. The maximum atomic E-state index is 12.3. The van der Waals surface area contributed by atoms with E-state index in [1.807, 2.05) is 0 Å². The molecule has 0 saturated heterocycles. The molecule has 0 bridgehead atoms. The molecule has 0 aliphatic rings. The molecule has 20 heavy (non-hydrogen) atoms. The topological polar surface area (TPSA) is 73.1 Å². The summed E-state index contributed by atoms with van der Waals surface area (Å²) < 4.78 is 36.9. The van der Waals surface area contributed by atoms with Crippen molar-refractivity contribution in [1.29, 1.82) is 5.26 Å². The molecule has 0 aliphatic heterocycles. The maximum Gasteiger partial charge on any atom is 1.00 e. The molecule has 8 heteroatoms. The summed E-state index contributed by atoms with van der Waals surface area (Å²) in [5.41, 5.74) is -1.26. The molecule has 0 saturated carbocycles. The van der Waals surface area contributed by atoms with E-state index in [9.17, 15) is 18.0 Å². The Labute approximate surface area is 136 Å². The average Bonchev–Trinajstić information content (AvgIpc) is 2.28. The van der Waals surface area contributed by atoms with Gasteiger partial charge in [0.1, 0.15) is 11.8 Å². The number of nitrogens with zero attached hydrogens (tertiary/aromatic N) is 1. The van der Waals surface area contributed by atoms with Crippen molar-refractivity contribution in [2.24, 2.45) is 0 Å². The van der Waals surface area contributed by atoms with Crippen molar-refractivity contribution in [3.8, 4) is 6.07 Å². The molecule has 0 aliphatic carbocycles. The number of halogens is 3. The molecule has 0 radical (unpaired) electrons. The maximum absolute atomic E-state index is 12.3. The molecule has 1 rings (SSSR count). The largest absolute Gasteiger partial charge is 1.00 e. The summed E-state index contributed by atoms with van der Waals surface area (Å²) in [6, 6.07) is 5.22. The van der Waals surface area contributed by atoms with Crippen LogP contribution in [0.5, 0.6) is 0 Å². The van der Waals surface area contributed by atoms with Gasteiger partial charge in [0, 0.05) is 5.69 Å². The van der Waals surface area contributed by atoms with Crippen LogP contribution in [-0.4, -0.2) is 11.0 Å². The van der Waals surface area contributed by atoms with Crippen LogP contribution in [0.4, 0.5) is 18.9 Å². The number of hydrogen-bond donors (Lipinski definition) is 2. The Morgan fingerprint density at radius 2 is 1.85 bits per heavy atom. The minimum absolute atomic E-state index is 0. The molecule has 0 spiro atoms. The van der Waals surface area contributed by atoms with Gasteiger partial charge in [0.05, 0.1) is 5.56 Å². The second kappa shape index (κ2) is 7.33. The van der Waals surface area contributed by atoms with Crippen LogP contribution in [0.1, 0.15) is 13.9 Å². The fourth-order valence-electron chi connectivity index (χ4n) is 1.23. The third kappa shape index (κ3) is 4.89. The zero-order valence-electron chi connectivity index (χ0n) is 11.7. The molecule has 2 N–H and O–H groups in total. The molecule has 1 aromatic rings. The summed E-state index contributed by atoms with van der Waals surface area (Å²) in [5.74, 6) is -1.35. The summed E-state index contributed by atoms with van der Waals surface area (Å²) >= 11 is 0. The summed E-state index contributed by atoms with van der Waals surface area (Å²) in [6.07, 6.45) is -4.46. The number of anilines is 1. The number of nitriles is 1. The number of nitrogens with one attached hydrogen (secondary N) is 1. The van der Waals surface area contributed by atoms with Crippen molar-refractivity contribution in [2.75, 3.05) is 5.32 Å². The predicted molar refractivity (Wildman–Crippen MR) is 62.1 cm³/mol. The minimum atomic E-state index is -4.46. The Balaban J connectivity index is 0. The van der Waals surface area contributed by atoms with E-state index in [4.69, 9.17) is 10.4 Å². The van der Waals surface area contributed by atoms with E-state index in [0.717, 1.165) is 31.2 Å². The van der Waals surface area contributed by atoms with Gasteiger partial charge in [0.15, 0.2) is 5.57 Å². The smallest absolute Gasteiger partial charge is 1.00 e. The van der Waals surface area contributed by atoms with E-state index >= 15 is 0 Å². The number of aliphatic hydroxyl groups excluding tert-OH is 1. The molecule has 1 aromatic carbocycles. The quantitative estimate of drug-likeness (QED) is 0.352. The third-order valence-electron chi connectivity index (χ3n) is 2.17. The van der Waals surface area contributed by atoms with Gasteiger partial charge in [-0.25, -0.2) is 0 Å².